The van der Waals surface area contributed by atoms with Crippen LogP contribution in [0.1, 0.15) is 58.3 Å². The highest BCUT2D eigenvalue weighted by Crippen LogP contribution is 2.35. The molecule has 0 aliphatic heterocycles. The molecule has 0 heterocycles. The zero-order valence-corrected chi connectivity index (χ0v) is 14.3. The Bertz CT molecular complexity index is 468. The van der Waals surface area contributed by atoms with Gasteiger partial charge in [-0.15, -0.1) is 0 Å². The van der Waals surface area contributed by atoms with Crippen molar-refractivity contribution >= 4 is 5.97 Å². The van der Waals surface area contributed by atoms with E-state index < -0.39 is 24.4 Å². The number of hydrogen-bond donors (Lipinski definition) is 0. The third kappa shape index (κ3) is 5.03. The minimum absolute atomic E-state index is 0.0664. The molecule has 2 rings (SSSR count). The Morgan fingerprint density at radius 3 is 2.38 bits per heavy atom. The Morgan fingerprint density at radius 2 is 1.83 bits per heavy atom. The molecule has 0 N–H and O–H groups in total. The monoisotopic (exact) mass is 339 g/mol. The van der Waals surface area contributed by atoms with Crippen molar-refractivity contribution in [3.63, 3.8) is 0 Å². The van der Waals surface area contributed by atoms with Crippen LogP contribution in [-0.4, -0.2) is 24.4 Å². The smallest absolute Gasteiger partial charge is 0.309 e. The van der Waals surface area contributed by atoms with Gasteiger partial charge in [-0.3, -0.25) is 4.79 Å². The molecule has 0 radical (unpaired) electrons. The third-order valence-electron chi connectivity index (χ3n) is 5.34. The molecule has 24 heavy (non-hydrogen) atoms. The van der Waals surface area contributed by atoms with Crippen molar-refractivity contribution in [2.45, 2.75) is 76.7 Å². The molecule has 5 heteroatoms. The van der Waals surface area contributed by atoms with Crippen LogP contribution in [0, 0.1) is 29.1 Å². The molecule has 2 atom stereocenters. The van der Waals surface area contributed by atoms with E-state index in [0.29, 0.717) is 5.92 Å². The molecular formula is C19H27F2NO2. The van der Waals surface area contributed by atoms with Crippen LogP contribution in [0.3, 0.4) is 0 Å². The van der Waals surface area contributed by atoms with Gasteiger partial charge in [0.2, 0.25) is 0 Å². The second-order valence-electron chi connectivity index (χ2n) is 7.08. The summed E-state index contributed by atoms with van der Waals surface area (Å²) in [6.07, 6.45) is 6.08. The number of esters is 1. The van der Waals surface area contributed by atoms with E-state index in [1.807, 2.05) is 6.92 Å². The highest BCUT2D eigenvalue weighted by atomic mass is 19.1. The Balaban J connectivity index is 1.75. The second kappa shape index (κ2) is 9.15. The number of nitriles is 1. The molecule has 2 saturated carbocycles. The summed E-state index contributed by atoms with van der Waals surface area (Å²) < 4.78 is 32.9. The highest BCUT2D eigenvalue weighted by molar-refractivity contribution is 5.72. The number of carbonyl (C=O) groups is 1. The number of nitrogens with zero attached hydrogens (tertiary/aromatic N) is 1. The maximum atomic E-state index is 13.8. The number of alkyl halides is 2. The first-order valence-electron chi connectivity index (χ1n) is 9.04. The van der Waals surface area contributed by atoms with E-state index in [0.717, 1.165) is 38.5 Å². The average Bonchev–Trinajstić information content (AvgIpc) is 2.55. The molecule has 2 unspecified atom stereocenters. The number of halogens is 2. The van der Waals surface area contributed by atoms with Gasteiger partial charge in [-0.05, 0) is 51.4 Å². The minimum Gasteiger partial charge on any atom is -0.462 e. The quantitative estimate of drug-likeness (QED) is 0.540. The molecule has 0 saturated heterocycles. The normalized spacial score (nSPS) is 37.1. The molecular weight excluding hydrogens is 312 g/mol. The summed E-state index contributed by atoms with van der Waals surface area (Å²) in [6.45, 7) is 2.01. The summed E-state index contributed by atoms with van der Waals surface area (Å²) in [5.41, 5.74) is 0. The molecule has 0 bridgehead atoms. The van der Waals surface area contributed by atoms with E-state index >= 15 is 0 Å². The number of allylic oxidation sites excluding steroid dienone is 2. The van der Waals surface area contributed by atoms with Crippen molar-refractivity contribution in [1.29, 1.82) is 5.26 Å². The maximum absolute atomic E-state index is 13.8. The molecule has 0 amide bonds. The zero-order valence-electron chi connectivity index (χ0n) is 14.3. The van der Waals surface area contributed by atoms with Crippen LogP contribution >= 0.6 is 0 Å². The highest BCUT2D eigenvalue weighted by Gasteiger charge is 2.41. The van der Waals surface area contributed by atoms with Crippen molar-refractivity contribution in [3.8, 4) is 6.07 Å². The van der Waals surface area contributed by atoms with Crippen LogP contribution in [-0.2, 0) is 9.53 Å². The summed E-state index contributed by atoms with van der Waals surface area (Å²) in [6, 6.07) is 1.67. The molecule has 2 aliphatic rings. The van der Waals surface area contributed by atoms with E-state index in [9.17, 15) is 13.6 Å². The fourth-order valence-corrected chi connectivity index (χ4v) is 3.82. The van der Waals surface area contributed by atoms with Gasteiger partial charge in [0.05, 0.1) is 12.0 Å². The second-order valence-corrected chi connectivity index (χ2v) is 7.08. The van der Waals surface area contributed by atoms with Gasteiger partial charge in [-0.2, -0.15) is 5.26 Å². The van der Waals surface area contributed by atoms with Gasteiger partial charge in [0.25, 0.3) is 0 Å². The van der Waals surface area contributed by atoms with E-state index in [4.69, 9.17) is 10.00 Å². The standard InChI is InChI=1S/C19H27F2NO2/c1-2-3-4-5-13-6-8-14(9-7-13)19(23)24-15-10-17(20)16(12-22)18(21)11-15/h2-3,13-18H,4-11H2,1H3/b3-2-. The molecule has 0 spiro atoms. The topological polar surface area (TPSA) is 50.1 Å². The predicted molar refractivity (Wildman–Crippen MR) is 87.5 cm³/mol. The fourth-order valence-electron chi connectivity index (χ4n) is 3.82. The largest absolute Gasteiger partial charge is 0.462 e. The first-order valence-corrected chi connectivity index (χ1v) is 9.04. The molecule has 0 aromatic rings. The van der Waals surface area contributed by atoms with Gasteiger partial charge in [0.15, 0.2) is 0 Å². The van der Waals surface area contributed by atoms with Crippen LogP contribution in [0.4, 0.5) is 8.78 Å². The van der Waals surface area contributed by atoms with Crippen molar-refractivity contribution in [2.24, 2.45) is 17.8 Å². The van der Waals surface area contributed by atoms with Gasteiger partial charge in [-0.1, -0.05) is 12.2 Å². The van der Waals surface area contributed by atoms with Crippen LogP contribution in [0.5, 0.6) is 0 Å². The van der Waals surface area contributed by atoms with Gasteiger partial charge in [0.1, 0.15) is 24.4 Å². The summed E-state index contributed by atoms with van der Waals surface area (Å²) in [7, 11) is 0. The Kier molecular flexibility index (Phi) is 7.20. The number of rotatable bonds is 5. The Hall–Kier alpha value is -1.44. The number of carbonyl (C=O) groups excluding carboxylic acids is 1. The molecule has 0 aromatic heterocycles. The third-order valence-corrected chi connectivity index (χ3v) is 5.34. The SMILES string of the molecule is C/C=C\CCC1CCC(C(=O)OC2CC(F)C(C#N)C(F)C2)CC1. The first-order chi connectivity index (χ1) is 11.5. The molecule has 2 fully saturated rings. The molecule has 3 nitrogen and oxygen atoms in total. The van der Waals surface area contributed by atoms with Gasteiger partial charge < -0.3 is 4.74 Å². The molecule has 2 aliphatic carbocycles. The van der Waals surface area contributed by atoms with Crippen molar-refractivity contribution in [1.82, 2.24) is 0 Å². The molecule has 134 valence electrons. The number of ether oxygens (including phenoxy) is 1. The lowest BCUT2D eigenvalue weighted by Crippen LogP contribution is -2.40. The molecule has 0 aromatic carbocycles. The Labute approximate surface area is 143 Å². The van der Waals surface area contributed by atoms with Gasteiger partial charge in [-0.25, -0.2) is 8.78 Å². The first kappa shape index (κ1) is 18.9. The summed E-state index contributed by atoms with van der Waals surface area (Å²) in [5.74, 6) is -1.04. The average molecular weight is 339 g/mol. The maximum Gasteiger partial charge on any atom is 0.309 e. The Morgan fingerprint density at radius 1 is 1.21 bits per heavy atom. The van der Waals surface area contributed by atoms with Crippen LogP contribution in [0.25, 0.3) is 0 Å². The minimum atomic E-state index is -1.56. The van der Waals surface area contributed by atoms with Crippen LogP contribution < -0.4 is 0 Å². The van der Waals surface area contributed by atoms with Gasteiger partial charge in [0, 0.05) is 12.8 Å². The van der Waals surface area contributed by atoms with Crippen molar-refractivity contribution < 1.29 is 18.3 Å². The van der Waals surface area contributed by atoms with Gasteiger partial charge >= 0.3 is 5.97 Å². The van der Waals surface area contributed by atoms with Crippen LogP contribution in [0.15, 0.2) is 12.2 Å². The fraction of sp³-hybridized carbons (Fsp3) is 0.789. The van der Waals surface area contributed by atoms with Crippen LogP contribution in [0.2, 0.25) is 0 Å². The summed E-state index contributed by atoms with van der Waals surface area (Å²) in [4.78, 5) is 12.3. The van der Waals surface area contributed by atoms with Crippen molar-refractivity contribution in [3.05, 3.63) is 12.2 Å². The predicted octanol–water partition coefficient (Wildman–Crippen LogP) is 4.67. The lowest BCUT2D eigenvalue weighted by atomic mass is 9.80. The lowest BCUT2D eigenvalue weighted by Gasteiger charge is -2.33. The lowest BCUT2D eigenvalue weighted by molar-refractivity contribution is -0.160. The van der Waals surface area contributed by atoms with E-state index in [1.54, 1.807) is 6.07 Å². The van der Waals surface area contributed by atoms with Crippen molar-refractivity contribution in [2.75, 3.05) is 0 Å². The van der Waals surface area contributed by atoms with E-state index in [2.05, 4.69) is 12.2 Å². The summed E-state index contributed by atoms with van der Waals surface area (Å²) in [5, 5.41) is 8.76. The van der Waals surface area contributed by atoms with E-state index in [-0.39, 0.29) is 24.7 Å². The van der Waals surface area contributed by atoms with E-state index in [1.165, 1.54) is 0 Å². The summed E-state index contributed by atoms with van der Waals surface area (Å²) >= 11 is 0. The number of hydrogen-bond acceptors (Lipinski definition) is 3. The zero-order chi connectivity index (χ0) is 17.5.